The van der Waals surface area contributed by atoms with Crippen LogP contribution in [0.25, 0.3) is 0 Å². The average Bonchev–Trinajstić information content (AvgIpc) is 3.62. The van der Waals surface area contributed by atoms with Gasteiger partial charge in [0.05, 0.1) is 19.1 Å². The molecule has 3 heterocycles. The van der Waals surface area contributed by atoms with E-state index >= 15 is 0 Å². The van der Waals surface area contributed by atoms with Crippen LogP contribution in [0.2, 0.25) is 0 Å². The van der Waals surface area contributed by atoms with Crippen LogP contribution in [0.15, 0.2) is 36.7 Å². The van der Waals surface area contributed by atoms with Crippen LogP contribution in [0.5, 0.6) is 5.75 Å². The quantitative estimate of drug-likeness (QED) is 0.437. The molecule has 2 aliphatic heterocycles. The molecule has 0 radical (unpaired) electrons. The number of amides is 1. The van der Waals surface area contributed by atoms with Crippen LogP contribution in [-0.4, -0.2) is 87.1 Å². The number of hydrogen-bond donors (Lipinski definition) is 2. The number of carboxylic acid groups (broad SMARTS) is 1. The minimum absolute atomic E-state index is 0.00636. The number of ether oxygens (including phenoxy) is 1. The van der Waals surface area contributed by atoms with Crippen molar-refractivity contribution in [3.8, 4) is 5.75 Å². The number of aliphatic carboxylic acids is 1. The Morgan fingerprint density at radius 1 is 1.25 bits per heavy atom. The smallest absolute Gasteiger partial charge is 0.308 e. The van der Waals surface area contributed by atoms with E-state index in [1.807, 2.05) is 34.0 Å². The molecule has 1 amide bonds. The van der Waals surface area contributed by atoms with Gasteiger partial charge >= 0.3 is 5.97 Å². The number of nitrogens with zero attached hydrogens (tertiary/aromatic N) is 4. The van der Waals surface area contributed by atoms with Crippen molar-refractivity contribution >= 4 is 11.9 Å². The first kappa shape index (κ1) is 26.2. The zero-order valence-corrected chi connectivity index (χ0v) is 21.1. The predicted octanol–water partition coefficient (Wildman–Crippen LogP) is 2.39. The maximum atomic E-state index is 13.4. The molecule has 0 saturated carbocycles. The number of aliphatic hydroxyl groups excluding tert-OH is 1. The first-order chi connectivity index (χ1) is 17.5. The van der Waals surface area contributed by atoms with E-state index in [1.54, 1.807) is 6.20 Å². The fourth-order valence-corrected chi connectivity index (χ4v) is 5.57. The third kappa shape index (κ3) is 6.07. The summed E-state index contributed by atoms with van der Waals surface area (Å²) in [6.07, 6.45) is 7.42. The summed E-state index contributed by atoms with van der Waals surface area (Å²) in [4.78, 5) is 29.9. The molecule has 0 unspecified atom stereocenters. The van der Waals surface area contributed by atoms with Crippen LogP contribution < -0.4 is 4.74 Å². The SMILES string of the molecule is CCCCN(CCCO)C(=O)CN1C[C@H](c2ccc3c(c2)CCO3)[C@@H](C(=O)O)[C@@H]1CCn1cccn1. The van der Waals surface area contributed by atoms with Crippen molar-refractivity contribution < 1.29 is 24.5 Å². The zero-order valence-electron chi connectivity index (χ0n) is 21.1. The zero-order chi connectivity index (χ0) is 25.5. The van der Waals surface area contributed by atoms with E-state index in [1.165, 1.54) is 0 Å². The number of carboxylic acids is 1. The molecule has 9 heteroatoms. The average molecular weight is 499 g/mol. The molecule has 36 heavy (non-hydrogen) atoms. The molecule has 0 bridgehead atoms. The van der Waals surface area contributed by atoms with E-state index in [4.69, 9.17) is 4.74 Å². The first-order valence-electron chi connectivity index (χ1n) is 13.1. The molecule has 4 rings (SSSR count). The Morgan fingerprint density at radius 3 is 2.81 bits per heavy atom. The number of aromatic nitrogens is 2. The Balaban J connectivity index is 1.58. The minimum Gasteiger partial charge on any atom is -0.493 e. The van der Waals surface area contributed by atoms with Crippen LogP contribution in [0.1, 0.15) is 49.7 Å². The van der Waals surface area contributed by atoms with Crippen molar-refractivity contribution in [3.05, 3.63) is 47.8 Å². The summed E-state index contributed by atoms with van der Waals surface area (Å²) in [6.45, 7) is 5.21. The number of aliphatic hydroxyl groups is 1. The summed E-state index contributed by atoms with van der Waals surface area (Å²) in [6, 6.07) is 7.58. The van der Waals surface area contributed by atoms with Gasteiger partial charge in [-0.2, -0.15) is 5.10 Å². The lowest BCUT2D eigenvalue weighted by atomic mass is 9.83. The predicted molar refractivity (Wildman–Crippen MR) is 135 cm³/mol. The Hall–Kier alpha value is -2.91. The molecule has 0 spiro atoms. The van der Waals surface area contributed by atoms with Gasteiger partial charge in [0.1, 0.15) is 5.75 Å². The molecule has 3 atom stereocenters. The molecule has 1 aromatic carbocycles. The standard InChI is InChI=1S/C27H38N4O5/c1-2-3-11-29(12-5-15-32)25(33)19-30-18-22(20-6-7-24-21(17-20)9-16-36-24)26(27(34)35)23(30)8-14-31-13-4-10-28-31/h4,6-7,10,13,17,22-23,26,32H,2-3,5,8-9,11-12,14-16,18-19H2,1H3,(H,34,35)/t22-,23+,26-/m1/s1. The van der Waals surface area contributed by atoms with E-state index in [0.29, 0.717) is 45.6 Å². The van der Waals surface area contributed by atoms with Gasteiger partial charge in [-0.15, -0.1) is 0 Å². The highest BCUT2D eigenvalue weighted by molar-refractivity contribution is 5.79. The molecule has 2 aliphatic rings. The number of rotatable bonds is 13. The van der Waals surface area contributed by atoms with E-state index in [-0.39, 0.29) is 31.0 Å². The van der Waals surface area contributed by atoms with Crippen molar-refractivity contribution in [1.29, 1.82) is 0 Å². The number of carbonyl (C=O) groups excluding carboxylic acids is 1. The second-order valence-electron chi connectivity index (χ2n) is 9.80. The molecule has 196 valence electrons. The van der Waals surface area contributed by atoms with E-state index < -0.39 is 11.9 Å². The van der Waals surface area contributed by atoms with Crippen molar-refractivity contribution in [3.63, 3.8) is 0 Å². The highest BCUT2D eigenvalue weighted by atomic mass is 16.5. The van der Waals surface area contributed by atoms with Gasteiger partial charge < -0.3 is 19.8 Å². The largest absolute Gasteiger partial charge is 0.493 e. The number of aryl methyl sites for hydroxylation is 1. The van der Waals surface area contributed by atoms with Gasteiger partial charge in [0.2, 0.25) is 5.91 Å². The van der Waals surface area contributed by atoms with Gasteiger partial charge in [-0.25, -0.2) is 0 Å². The molecular weight excluding hydrogens is 460 g/mol. The first-order valence-corrected chi connectivity index (χ1v) is 13.1. The second kappa shape index (κ2) is 12.4. The van der Waals surface area contributed by atoms with Gasteiger partial charge in [-0.05, 0) is 42.5 Å². The number of hydrogen-bond acceptors (Lipinski definition) is 6. The number of carbonyl (C=O) groups is 2. The normalized spacial score (nSPS) is 21.3. The molecule has 2 N–H and O–H groups in total. The van der Waals surface area contributed by atoms with E-state index in [9.17, 15) is 19.8 Å². The fourth-order valence-electron chi connectivity index (χ4n) is 5.57. The van der Waals surface area contributed by atoms with Gasteiger partial charge in [-0.1, -0.05) is 25.5 Å². The lowest BCUT2D eigenvalue weighted by Crippen LogP contribution is -2.45. The van der Waals surface area contributed by atoms with Crippen molar-refractivity contribution in [2.24, 2.45) is 5.92 Å². The summed E-state index contributed by atoms with van der Waals surface area (Å²) < 4.78 is 7.46. The highest BCUT2D eigenvalue weighted by Gasteiger charge is 2.47. The Labute approximate surface area is 212 Å². The summed E-state index contributed by atoms with van der Waals surface area (Å²) in [5, 5.41) is 23.9. The van der Waals surface area contributed by atoms with Gasteiger partial charge in [0.25, 0.3) is 0 Å². The molecule has 2 aromatic rings. The number of likely N-dealkylation sites (tertiary alicyclic amines) is 1. The molecule has 1 saturated heterocycles. The maximum Gasteiger partial charge on any atom is 0.308 e. The molecule has 1 fully saturated rings. The number of unbranched alkanes of at least 4 members (excludes halogenated alkanes) is 1. The van der Waals surface area contributed by atoms with E-state index in [0.717, 1.165) is 36.1 Å². The van der Waals surface area contributed by atoms with Crippen LogP contribution in [0, 0.1) is 5.92 Å². The Morgan fingerprint density at radius 2 is 2.08 bits per heavy atom. The molecule has 9 nitrogen and oxygen atoms in total. The van der Waals surface area contributed by atoms with Gasteiger partial charge in [0, 0.05) is 63.6 Å². The van der Waals surface area contributed by atoms with Crippen LogP contribution in [0.3, 0.4) is 0 Å². The Kier molecular flexibility index (Phi) is 8.98. The van der Waals surface area contributed by atoms with Gasteiger partial charge in [0.15, 0.2) is 0 Å². The van der Waals surface area contributed by atoms with Crippen LogP contribution >= 0.6 is 0 Å². The van der Waals surface area contributed by atoms with Crippen molar-refractivity contribution in [2.45, 2.75) is 57.5 Å². The number of benzene rings is 1. The lowest BCUT2D eigenvalue weighted by molar-refractivity contribution is -0.144. The topological polar surface area (TPSA) is 108 Å². The summed E-state index contributed by atoms with van der Waals surface area (Å²) in [5.41, 5.74) is 2.11. The summed E-state index contributed by atoms with van der Waals surface area (Å²) >= 11 is 0. The maximum absolute atomic E-state index is 13.4. The summed E-state index contributed by atoms with van der Waals surface area (Å²) in [5.74, 6) is -0.810. The third-order valence-corrected chi connectivity index (χ3v) is 7.45. The van der Waals surface area contributed by atoms with Crippen LogP contribution in [-0.2, 0) is 22.6 Å². The fraction of sp³-hybridized carbons (Fsp3) is 0.593. The lowest BCUT2D eigenvalue weighted by Gasteiger charge is -2.29. The minimum atomic E-state index is -0.833. The molecule has 1 aromatic heterocycles. The second-order valence-corrected chi connectivity index (χ2v) is 9.80. The Bertz CT molecular complexity index is 1000. The van der Waals surface area contributed by atoms with Crippen molar-refractivity contribution in [2.75, 3.05) is 39.4 Å². The number of fused-ring (bicyclic) bond motifs is 1. The van der Waals surface area contributed by atoms with Crippen LogP contribution in [0.4, 0.5) is 0 Å². The molecule has 0 aliphatic carbocycles. The third-order valence-electron chi connectivity index (χ3n) is 7.45. The molecular formula is C27H38N4O5. The van der Waals surface area contributed by atoms with E-state index in [2.05, 4.69) is 23.0 Å². The monoisotopic (exact) mass is 498 g/mol. The highest BCUT2D eigenvalue weighted by Crippen LogP contribution is 2.41. The van der Waals surface area contributed by atoms with Crippen molar-refractivity contribution in [1.82, 2.24) is 19.6 Å². The van der Waals surface area contributed by atoms with Gasteiger partial charge in [-0.3, -0.25) is 19.2 Å². The summed E-state index contributed by atoms with van der Waals surface area (Å²) in [7, 11) is 0.